The van der Waals surface area contributed by atoms with Crippen LogP contribution in [0.1, 0.15) is 43.9 Å². The lowest BCUT2D eigenvalue weighted by Crippen LogP contribution is -1.96. The summed E-state index contributed by atoms with van der Waals surface area (Å²) >= 11 is 5.85. The van der Waals surface area contributed by atoms with E-state index < -0.39 is 6.10 Å². The van der Waals surface area contributed by atoms with Gasteiger partial charge in [-0.25, -0.2) is 0 Å². The van der Waals surface area contributed by atoms with Crippen LogP contribution in [0.5, 0.6) is 5.75 Å². The lowest BCUT2D eigenvalue weighted by Gasteiger charge is -2.13. The van der Waals surface area contributed by atoms with E-state index in [0.717, 1.165) is 5.56 Å². The van der Waals surface area contributed by atoms with Gasteiger partial charge in [0.05, 0.1) is 11.1 Å². The molecule has 0 radical (unpaired) electrons. The lowest BCUT2D eigenvalue weighted by atomic mass is 9.98. The van der Waals surface area contributed by atoms with Gasteiger partial charge < -0.3 is 10.2 Å². The molecule has 0 saturated heterocycles. The molecule has 0 bridgehead atoms. The minimum absolute atomic E-state index is 0.0222. The van der Waals surface area contributed by atoms with Gasteiger partial charge in [0.2, 0.25) is 0 Å². The molecule has 0 aliphatic heterocycles. The molecular weight excluding hydrogens is 200 g/mol. The maximum Gasteiger partial charge on any atom is 0.139 e. The van der Waals surface area contributed by atoms with Crippen molar-refractivity contribution in [1.82, 2.24) is 0 Å². The molecule has 0 saturated carbocycles. The molecule has 2 N–H and O–H groups in total. The van der Waals surface area contributed by atoms with Gasteiger partial charge in [-0.05, 0) is 30.5 Å². The van der Waals surface area contributed by atoms with Crippen LogP contribution in [0, 0.1) is 0 Å². The Hall–Kier alpha value is -0.730. The molecule has 2 nitrogen and oxygen atoms in total. The maximum atomic E-state index is 9.58. The van der Waals surface area contributed by atoms with Crippen molar-refractivity contribution in [3.05, 3.63) is 28.3 Å². The summed E-state index contributed by atoms with van der Waals surface area (Å²) in [6, 6.07) is 3.52. The van der Waals surface area contributed by atoms with Gasteiger partial charge in [-0.3, -0.25) is 0 Å². The Morgan fingerprint density at radius 2 is 1.79 bits per heavy atom. The predicted molar refractivity (Wildman–Crippen MR) is 57.8 cm³/mol. The minimum atomic E-state index is -0.703. The zero-order valence-electron chi connectivity index (χ0n) is 8.58. The van der Waals surface area contributed by atoms with Crippen molar-refractivity contribution < 1.29 is 10.2 Å². The number of aromatic hydroxyl groups is 1. The van der Waals surface area contributed by atoms with Crippen LogP contribution in [0.3, 0.4) is 0 Å². The summed E-state index contributed by atoms with van der Waals surface area (Å²) in [5, 5.41) is 19.3. The number of benzene rings is 1. The largest absolute Gasteiger partial charge is 0.506 e. The summed E-state index contributed by atoms with van der Waals surface area (Å²) in [5.41, 5.74) is 1.50. The number of hydrogen-bond donors (Lipinski definition) is 2. The number of halogens is 1. The van der Waals surface area contributed by atoms with E-state index in [2.05, 4.69) is 0 Å². The zero-order valence-corrected chi connectivity index (χ0v) is 9.34. The minimum Gasteiger partial charge on any atom is -0.506 e. The molecule has 1 aromatic rings. The molecule has 3 heteroatoms. The number of phenols is 1. The van der Waals surface area contributed by atoms with Crippen LogP contribution in [0.2, 0.25) is 5.02 Å². The molecule has 0 amide bonds. The van der Waals surface area contributed by atoms with Crippen LogP contribution >= 0.6 is 11.6 Å². The highest BCUT2D eigenvalue weighted by Crippen LogP contribution is 2.34. The highest BCUT2D eigenvalue weighted by Gasteiger charge is 2.13. The van der Waals surface area contributed by atoms with E-state index in [-0.39, 0.29) is 5.75 Å². The summed E-state index contributed by atoms with van der Waals surface area (Å²) < 4.78 is 0. The van der Waals surface area contributed by atoms with Crippen LogP contribution in [-0.2, 0) is 0 Å². The first-order valence-corrected chi connectivity index (χ1v) is 5.01. The summed E-state index contributed by atoms with van der Waals surface area (Å²) in [6.45, 7) is 5.68. The molecule has 0 aliphatic rings. The topological polar surface area (TPSA) is 40.5 Å². The molecule has 0 spiro atoms. The van der Waals surface area contributed by atoms with Gasteiger partial charge in [0.25, 0.3) is 0 Å². The van der Waals surface area contributed by atoms with Gasteiger partial charge >= 0.3 is 0 Å². The summed E-state index contributed by atoms with van der Waals surface area (Å²) in [6.07, 6.45) is -0.703. The highest BCUT2D eigenvalue weighted by atomic mass is 35.5. The number of hydrogen-bond acceptors (Lipinski definition) is 2. The van der Waals surface area contributed by atoms with E-state index in [4.69, 9.17) is 11.6 Å². The molecular formula is C11H15ClO2. The smallest absolute Gasteiger partial charge is 0.139 e. The van der Waals surface area contributed by atoms with Crippen molar-refractivity contribution in [2.75, 3.05) is 0 Å². The summed E-state index contributed by atoms with van der Waals surface area (Å²) in [4.78, 5) is 0. The number of phenolic OH excluding ortho intramolecular Hbond substituents is 1. The van der Waals surface area contributed by atoms with Crippen molar-refractivity contribution in [1.29, 1.82) is 0 Å². The second-order valence-corrected chi connectivity index (χ2v) is 4.18. The predicted octanol–water partition coefficient (Wildman–Crippen LogP) is 3.22. The van der Waals surface area contributed by atoms with Crippen LogP contribution in [0.25, 0.3) is 0 Å². The van der Waals surface area contributed by atoms with E-state index >= 15 is 0 Å². The Morgan fingerprint density at radius 3 is 2.21 bits per heavy atom. The second kappa shape index (κ2) is 4.20. The molecule has 78 valence electrons. The molecule has 14 heavy (non-hydrogen) atoms. The second-order valence-electron chi connectivity index (χ2n) is 3.77. The molecule has 1 unspecified atom stereocenters. The van der Waals surface area contributed by atoms with Crippen LogP contribution in [0.4, 0.5) is 0 Å². The van der Waals surface area contributed by atoms with Gasteiger partial charge in [-0.1, -0.05) is 25.4 Å². The fourth-order valence-electron chi connectivity index (χ4n) is 1.29. The Balaban J connectivity index is 3.28. The first kappa shape index (κ1) is 11.3. The first-order chi connectivity index (χ1) is 6.43. The third-order valence-corrected chi connectivity index (χ3v) is 2.52. The zero-order chi connectivity index (χ0) is 10.9. The first-order valence-electron chi connectivity index (χ1n) is 4.63. The average molecular weight is 215 g/mol. The van der Waals surface area contributed by atoms with Gasteiger partial charge in [-0.2, -0.15) is 0 Å². The van der Waals surface area contributed by atoms with Crippen molar-refractivity contribution in [3.8, 4) is 5.75 Å². The molecule has 1 atom stereocenters. The van der Waals surface area contributed by atoms with Gasteiger partial charge in [0, 0.05) is 5.56 Å². The summed E-state index contributed by atoms with van der Waals surface area (Å²) in [7, 11) is 0. The summed E-state index contributed by atoms with van der Waals surface area (Å²) in [5.74, 6) is 0.302. The monoisotopic (exact) mass is 214 g/mol. The Labute approximate surface area is 89.1 Å². The van der Waals surface area contributed by atoms with Gasteiger partial charge in [0.15, 0.2) is 0 Å². The van der Waals surface area contributed by atoms with E-state index in [1.807, 2.05) is 13.8 Å². The van der Waals surface area contributed by atoms with Crippen LogP contribution in [-0.4, -0.2) is 10.2 Å². The average Bonchev–Trinajstić information content (AvgIpc) is 2.08. The third-order valence-electron chi connectivity index (χ3n) is 2.23. The number of aliphatic hydroxyl groups is 1. The standard InChI is InChI=1S/C11H15ClO2/c1-6(2)8-4-9(7(3)13)11(14)10(12)5-8/h4-7,13-14H,1-3H3. The Kier molecular flexibility index (Phi) is 3.40. The van der Waals surface area contributed by atoms with E-state index in [9.17, 15) is 10.2 Å². The normalized spacial score (nSPS) is 13.3. The Bertz CT molecular complexity index is 332. The van der Waals surface area contributed by atoms with Crippen LogP contribution < -0.4 is 0 Å². The molecule has 1 rings (SSSR count). The van der Waals surface area contributed by atoms with Crippen LogP contribution in [0.15, 0.2) is 12.1 Å². The van der Waals surface area contributed by atoms with Crippen molar-refractivity contribution in [3.63, 3.8) is 0 Å². The lowest BCUT2D eigenvalue weighted by molar-refractivity contribution is 0.195. The molecule has 0 aromatic heterocycles. The number of aliphatic hydroxyl groups excluding tert-OH is 1. The Morgan fingerprint density at radius 1 is 1.21 bits per heavy atom. The maximum absolute atomic E-state index is 9.58. The van der Waals surface area contributed by atoms with Crippen molar-refractivity contribution in [2.24, 2.45) is 0 Å². The van der Waals surface area contributed by atoms with E-state index in [0.29, 0.717) is 16.5 Å². The van der Waals surface area contributed by atoms with E-state index in [1.165, 1.54) is 0 Å². The quantitative estimate of drug-likeness (QED) is 0.794. The fourth-order valence-corrected chi connectivity index (χ4v) is 1.53. The van der Waals surface area contributed by atoms with E-state index in [1.54, 1.807) is 19.1 Å². The molecule has 0 fully saturated rings. The number of rotatable bonds is 2. The van der Waals surface area contributed by atoms with Gasteiger partial charge in [-0.15, -0.1) is 0 Å². The third kappa shape index (κ3) is 2.20. The SMILES string of the molecule is CC(C)c1cc(Cl)c(O)c(C(C)O)c1. The van der Waals surface area contributed by atoms with Crippen molar-refractivity contribution >= 4 is 11.6 Å². The molecule has 0 heterocycles. The fraction of sp³-hybridized carbons (Fsp3) is 0.455. The van der Waals surface area contributed by atoms with Gasteiger partial charge in [0.1, 0.15) is 5.75 Å². The highest BCUT2D eigenvalue weighted by molar-refractivity contribution is 6.32. The molecule has 0 aliphatic carbocycles. The molecule has 1 aromatic carbocycles. The van der Waals surface area contributed by atoms with Crippen molar-refractivity contribution in [2.45, 2.75) is 32.8 Å².